The number of hydrogen-bond acceptors (Lipinski definition) is 4. The van der Waals surface area contributed by atoms with Crippen molar-refractivity contribution in [2.45, 2.75) is 0 Å². The Hall–Kier alpha value is -1.21. The van der Waals surface area contributed by atoms with Gasteiger partial charge in [-0.15, -0.1) is 0 Å². The minimum absolute atomic E-state index is 0.371. The lowest BCUT2D eigenvalue weighted by atomic mass is 10.3. The maximum Gasteiger partial charge on any atom is 0.242 e. The summed E-state index contributed by atoms with van der Waals surface area (Å²) in [5, 5.41) is 9.98. The van der Waals surface area contributed by atoms with Gasteiger partial charge in [-0.25, -0.2) is 4.68 Å². The van der Waals surface area contributed by atoms with Gasteiger partial charge in [0.1, 0.15) is 5.75 Å². The summed E-state index contributed by atoms with van der Waals surface area (Å²) in [5.74, 6) is 0.732. The zero-order valence-electron chi connectivity index (χ0n) is 7.77. The Labute approximate surface area is 99.2 Å². The quantitative estimate of drug-likeness (QED) is 0.859. The number of nitrogens with one attached hydrogen (secondary N) is 1. The molecule has 2 rings (SSSR count). The number of rotatable bonds is 2. The first-order valence-electron chi connectivity index (χ1n) is 4.06. The van der Waals surface area contributed by atoms with E-state index in [1.807, 2.05) is 18.2 Å². The van der Waals surface area contributed by atoms with Crippen LogP contribution in [0.25, 0.3) is 5.69 Å². The predicted octanol–water partition coefficient (Wildman–Crippen LogP) is 2.10. The molecule has 2 aromatic rings. The minimum atomic E-state index is 0.371. The number of aromatic amines is 1. The third-order valence-corrected chi connectivity index (χ3v) is 2.54. The number of nitrogens with zero attached hydrogens (tertiary/aromatic N) is 3. The highest BCUT2D eigenvalue weighted by molar-refractivity contribution is 9.10. The molecule has 0 fully saturated rings. The summed E-state index contributed by atoms with van der Waals surface area (Å²) in [6.07, 6.45) is 0. The van der Waals surface area contributed by atoms with Gasteiger partial charge in [-0.2, -0.15) is 5.21 Å². The van der Waals surface area contributed by atoms with Gasteiger partial charge in [0.2, 0.25) is 4.77 Å². The van der Waals surface area contributed by atoms with Gasteiger partial charge in [-0.05, 0) is 24.4 Å². The third kappa shape index (κ3) is 2.07. The second-order valence-corrected chi connectivity index (χ2v) is 4.05. The van der Waals surface area contributed by atoms with E-state index in [1.54, 1.807) is 11.8 Å². The fraction of sp³-hybridized carbons (Fsp3) is 0.125. The normalized spacial score (nSPS) is 10.3. The minimum Gasteiger partial charge on any atom is -0.497 e. The molecular weight excluding hydrogens is 280 g/mol. The van der Waals surface area contributed by atoms with Crippen molar-refractivity contribution in [2.24, 2.45) is 0 Å². The van der Waals surface area contributed by atoms with Crippen LogP contribution < -0.4 is 4.74 Å². The maximum atomic E-state index is 5.14. The summed E-state index contributed by atoms with van der Waals surface area (Å²) in [6, 6.07) is 5.58. The summed E-state index contributed by atoms with van der Waals surface area (Å²) >= 11 is 8.37. The number of ether oxygens (including phenoxy) is 1. The van der Waals surface area contributed by atoms with E-state index in [0.29, 0.717) is 4.77 Å². The molecule has 1 aromatic carbocycles. The molecule has 1 N–H and O–H groups in total. The average molecular weight is 287 g/mol. The number of methoxy groups -OCH3 is 1. The third-order valence-electron chi connectivity index (χ3n) is 1.82. The molecule has 0 bridgehead atoms. The number of halogens is 1. The SMILES string of the molecule is COc1cc(Br)cc(-n2[nH]nnc2=S)c1. The lowest BCUT2D eigenvalue weighted by Gasteiger charge is -2.05. The van der Waals surface area contributed by atoms with Crippen LogP contribution in [0, 0.1) is 4.77 Å². The first-order chi connectivity index (χ1) is 7.20. The Bertz CT molecular complexity index is 535. The lowest BCUT2D eigenvalue weighted by molar-refractivity contribution is 0.414. The predicted molar refractivity (Wildman–Crippen MR) is 60.8 cm³/mol. The van der Waals surface area contributed by atoms with E-state index in [4.69, 9.17) is 17.0 Å². The highest BCUT2D eigenvalue weighted by atomic mass is 79.9. The number of benzene rings is 1. The standard InChI is InChI=1S/C8H7BrN4OS/c1-14-7-3-5(9)2-6(4-7)13-8(15)10-11-12-13/h2-4H,1H3,(H,10,12,15). The van der Waals surface area contributed by atoms with Crippen LogP contribution in [-0.4, -0.2) is 27.3 Å². The van der Waals surface area contributed by atoms with Gasteiger partial charge in [0, 0.05) is 10.5 Å². The van der Waals surface area contributed by atoms with Gasteiger partial charge in [0.05, 0.1) is 12.8 Å². The molecule has 0 aliphatic rings. The van der Waals surface area contributed by atoms with Crippen LogP contribution >= 0.6 is 28.1 Å². The van der Waals surface area contributed by atoms with Crippen LogP contribution in [-0.2, 0) is 0 Å². The van der Waals surface area contributed by atoms with Crippen LogP contribution in [0.1, 0.15) is 0 Å². The summed E-state index contributed by atoms with van der Waals surface area (Å²) in [5.41, 5.74) is 0.816. The van der Waals surface area contributed by atoms with Crippen LogP contribution in [0.15, 0.2) is 22.7 Å². The maximum absolute atomic E-state index is 5.14. The molecule has 0 radical (unpaired) electrons. The molecule has 0 amide bonds. The fourth-order valence-corrected chi connectivity index (χ4v) is 1.81. The van der Waals surface area contributed by atoms with Crippen molar-refractivity contribution < 1.29 is 4.74 Å². The molecule has 0 saturated heterocycles. The van der Waals surface area contributed by atoms with E-state index in [0.717, 1.165) is 15.9 Å². The van der Waals surface area contributed by atoms with Crippen LogP contribution in [0.5, 0.6) is 5.75 Å². The molecule has 5 nitrogen and oxygen atoms in total. The molecule has 0 saturated carbocycles. The van der Waals surface area contributed by atoms with Crippen LogP contribution in [0.2, 0.25) is 0 Å². The number of tetrazole rings is 1. The van der Waals surface area contributed by atoms with Gasteiger partial charge in [-0.1, -0.05) is 26.2 Å². The molecule has 0 aliphatic heterocycles. The molecule has 0 atom stereocenters. The first kappa shape index (κ1) is 10.3. The summed E-state index contributed by atoms with van der Waals surface area (Å²) in [6.45, 7) is 0. The van der Waals surface area contributed by atoms with E-state index in [1.165, 1.54) is 0 Å². The van der Waals surface area contributed by atoms with E-state index in [2.05, 4.69) is 31.5 Å². The van der Waals surface area contributed by atoms with Gasteiger partial charge in [0.15, 0.2) is 0 Å². The molecule has 7 heteroatoms. The summed E-state index contributed by atoms with van der Waals surface area (Å²) in [4.78, 5) is 0. The van der Waals surface area contributed by atoms with Gasteiger partial charge >= 0.3 is 0 Å². The highest BCUT2D eigenvalue weighted by Gasteiger charge is 2.03. The fourth-order valence-electron chi connectivity index (χ4n) is 1.16. The topological polar surface area (TPSA) is 55.7 Å². The Balaban J connectivity index is 2.58. The molecule has 15 heavy (non-hydrogen) atoms. The van der Waals surface area contributed by atoms with Crippen molar-refractivity contribution in [3.8, 4) is 11.4 Å². The van der Waals surface area contributed by atoms with Crippen molar-refractivity contribution >= 4 is 28.1 Å². The van der Waals surface area contributed by atoms with Crippen molar-refractivity contribution in [2.75, 3.05) is 7.11 Å². The van der Waals surface area contributed by atoms with Gasteiger partial charge in [0.25, 0.3) is 0 Å². The molecule has 0 aliphatic carbocycles. The molecule has 1 heterocycles. The molecular formula is C8H7BrN4OS. The summed E-state index contributed by atoms with van der Waals surface area (Å²) in [7, 11) is 1.61. The van der Waals surface area contributed by atoms with Crippen LogP contribution in [0.3, 0.4) is 0 Å². The zero-order chi connectivity index (χ0) is 10.8. The second kappa shape index (κ2) is 4.11. The largest absolute Gasteiger partial charge is 0.497 e. The van der Waals surface area contributed by atoms with E-state index in [-0.39, 0.29) is 0 Å². The van der Waals surface area contributed by atoms with E-state index in [9.17, 15) is 0 Å². The number of aromatic nitrogens is 4. The van der Waals surface area contributed by atoms with Crippen LogP contribution in [0.4, 0.5) is 0 Å². The van der Waals surface area contributed by atoms with Crippen molar-refractivity contribution in [1.82, 2.24) is 20.2 Å². The Morgan fingerprint density at radius 2 is 2.27 bits per heavy atom. The van der Waals surface area contributed by atoms with E-state index >= 15 is 0 Å². The summed E-state index contributed by atoms with van der Waals surface area (Å²) < 4.78 is 7.99. The average Bonchev–Trinajstić information content (AvgIpc) is 2.63. The number of H-pyrrole nitrogens is 1. The first-order valence-corrected chi connectivity index (χ1v) is 5.26. The van der Waals surface area contributed by atoms with Gasteiger partial charge < -0.3 is 4.74 Å². The zero-order valence-corrected chi connectivity index (χ0v) is 10.2. The lowest BCUT2D eigenvalue weighted by Crippen LogP contribution is -1.97. The van der Waals surface area contributed by atoms with Gasteiger partial charge in [-0.3, -0.25) is 0 Å². The molecule has 1 aromatic heterocycles. The van der Waals surface area contributed by atoms with Crippen molar-refractivity contribution in [3.63, 3.8) is 0 Å². The molecule has 0 unspecified atom stereocenters. The van der Waals surface area contributed by atoms with Crippen molar-refractivity contribution in [3.05, 3.63) is 27.4 Å². The monoisotopic (exact) mass is 286 g/mol. The van der Waals surface area contributed by atoms with E-state index < -0.39 is 0 Å². The highest BCUT2D eigenvalue weighted by Crippen LogP contribution is 2.23. The Kier molecular flexibility index (Phi) is 2.83. The van der Waals surface area contributed by atoms with Crippen molar-refractivity contribution in [1.29, 1.82) is 0 Å². The molecule has 0 spiro atoms. The second-order valence-electron chi connectivity index (χ2n) is 2.77. The number of hydrogen-bond donors (Lipinski definition) is 1. The molecule has 78 valence electrons. The smallest absolute Gasteiger partial charge is 0.242 e. The Morgan fingerprint density at radius 1 is 1.47 bits per heavy atom. The Morgan fingerprint density at radius 3 is 2.87 bits per heavy atom.